The predicted molar refractivity (Wildman–Crippen MR) is 123 cm³/mol. The predicted octanol–water partition coefficient (Wildman–Crippen LogP) is 6.20. The van der Waals surface area contributed by atoms with Crippen molar-refractivity contribution in [1.29, 1.82) is 0 Å². The molecule has 0 unspecified atom stereocenters. The maximum Gasteiger partial charge on any atom is 0.416 e. The third kappa shape index (κ3) is 5.45. The first kappa shape index (κ1) is 23.5. The number of carbonyl (C=O) groups is 1. The number of aromatic amines is 1. The van der Waals surface area contributed by atoms with Gasteiger partial charge < -0.3 is 10.3 Å². The Morgan fingerprint density at radius 3 is 2.38 bits per heavy atom. The Morgan fingerprint density at radius 2 is 1.74 bits per heavy atom. The quantitative estimate of drug-likeness (QED) is 0.252. The minimum atomic E-state index is -4.43. The number of nitrogens with one attached hydrogen (secondary N) is 2. The van der Waals surface area contributed by atoms with Gasteiger partial charge >= 0.3 is 6.18 Å². The van der Waals surface area contributed by atoms with Crippen LogP contribution in [0.25, 0.3) is 22.5 Å². The average Bonchev–Trinajstić information content (AvgIpc) is 3.24. The van der Waals surface area contributed by atoms with Crippen molar-refractivity contribution in [1.82, 2.24) is 15.0 Å². The summed E-state index contributed by atoms with van der Waals surface area (Å²) in [6, 6.07) is 13.8. The van der Waals surface area contributed by atoms with E-state index in [0.29, 0.717) is 27.7 Å². The zero-order chi connectivity index (χ0) is 24.3. The number of carbonyl (C=O) groups excluding carboxylic acids is 1. The normalized spacial score (nSPS) is 11.4. The molecule has 0 aliphatic carbocycles. The van der Waals surface area contributed by atoms with Crippen LogP contribution in [0.15, 0.2) is 72.0 Å². The molecule has 0 atom stereocenters. The van der Waals surface area contributed by atoms with Gasteiger partial charge in [-0.3, -0.25) is 4.79 Å². The van der Waals surface area contributed by atoms with Crippen LogP contribution in [0.3, 0.4) is 0 Å². The lowest BCUT2D eigenvalue weighted by molar-refractivity contribution is -0.137. The number of H-pyrrole nitrogens is 1. The molecule has 0 spiro atoms. The average molecular weight is 486 g/mol. The van der Waals surface area contributed by atoms with Crippen molar-refractivity contribution in [3.63, 3.8) is 0 Å². The fraction of sp³-hybridized carbons (Fsp3) is 0.125. The highest BCUT2D eigenvalue weighted by Crippen LogP contribution is 2.33. The van der Waals surface area contributed by atoms with E-state index in [-0.39, 0.29) is 18.1 Å². The van der Waals surface area contributed by atoms with Gasteiger partial charge in [-0.1, -0.05) is 23.9 Å². The molecule has 34 heavy (non-hydrogen) atoms. The summed E-state index contributed by atoms with van der Waals surface area (Å²) in [5.74, 6) is -0.500. The molecule has 0 saturated heterocycles. The van der Waals surface area contributed by atoms with Crippen LogP contribution in [-0.4, -0.2) is 27.1 Å². The van der Waals surface area contributed by atoms with Gasteiger partial charge in [-0.25, -0.2) is 14.4 Å². The topological polar surface area (TPSA) is 70.7 Å². The molecule has 174 valence electrons. The number of rotatable bonds is 6. The monoisotopic (exact) mass is 486 g/mol. The van der Waals surface area contributed by atoms with Gasteiger partial charge in [0, 0.05) is 17.3 Å². The van der Waals surface area contributed by atoms with Crippen LogP contribution >= 0.6 is 11.8 Å². The number of pyridine rings is 1. The fourth-order valence-electron chi connectivity index (χ4n) is 3.31. The second kappa shape index (κ2) is 9.68. The number of thioether (sulfide) groups is 1. The van der Waals surface area contributed by atoms with Gasteiger partial charge in [-0.15, -0.1) is 0 Å². The standard InChI is InChI=1S/C24H18F4N4OS/c1-34-23-31-21(15-4-8-18(25)9-5-15)22(32-23)16-10-11-29-19(13-16)30-20(33)12-14-2-6-17(7-3-14)24(26,27)28/h2-11,13H,12H2,1H3,(H,31,32)(H,29,30,33). The van der Waals surface area contributed by atoms with Gasteiger partial charge in [-0.2, -0.15) is 13.2 Å². The molecule has 4 rings (SSSR count). The number of hydrogen-bond donors (Lipinski definition) is 2. The second-order valence-electron chi connectivity index (χ2n) is 7.33. The van der Waals surface area contributed by atoms with Crippen LogP contribution < -0.4 is 5.32 Å². The van der Waals surface area contributed by atoms with E-state index in [9.17, 15) is 22.4 Å². The number of nitrogens with zero attached hydrogens (tertiary/aromatic N) is 2. The molecule has 0 aliphatic rings. The van der Waals surface area contributed by atoms with E-state index < -0.39 is 17.6 Å². The summed E-state index contributed by atoms with van der Waals surface area (Å²) < 4.78 is 51.5. The summed E-state index contributed by atoms with van der Waals surface area (Å²) in [4.78, 5) is 24.4. The summed E-state index contributed by atoms with van der Waals surface area (Å²) >= 11 is 1.42. The summed E-state index contributed by atoms with van der Waals surface area (Å²) in [6.07, 6.45) is -1.15. The maximum atomic E-state index is 13.4. The highest BCUT2D eigenvalue weighted by Gasteiger charge is 2.30. The Hall–Kier alpha value is -3.66. The fourth-order valence-corrected chi connectivity index (χ4v) is 3.70. The molecule has 0 saturated carbocycles. The zero-order valence-corrected chi connectivity index (χ0v) is 18.6. The van der Waals surface area contributed by atoms with E-state index in [0.717, 1.165) is 17.7 Å². The minimum absolute atomic E-state index is 0.107. The Labute approximate surface area is 196 Å². The molecular formula is C24H18F4N4OS. The van der Waals surface area contributed by atoms with Crippen LogP contribution in [0.1, 0.15) is 11.1 Å². The van der Waals surface area contributed by atoms with Crippen LogP contribution in [0.2, 0.25) is 0 Å². The number of anilines is 1. The maximum absolute atomic E-state index is 13.4. The first-order valence-electron chi connectivity index (χ1n) is 10.1. The van der Waals surface area contributed by atoms with Crippen molar-refractivity contribution in [2.24, 2.45) is 0 Å². The van der Waals surface area contributed by atoms with Crippen LogP contribution in [0, 0.1) is 5.82 Å². The molecule has 0 fully saturated rings. The first-order chi connectivity index (χ1) is 16.2. The van der Waals surface area contributed by atoms with Crippen molar-refractivity contribution in [3.8, 4) is 22.5 Å². The highest BCUT2D eigenvalue weighted by molar-refractivity contribution is 7.98. The molecule has 10 heteroatoms. The molecular weight excluding hydrogens is 468 g/mol. The van der Waals surface area contributed by atoms with Crippen LogP contribution in [0.5, 0.6) is 0 Å². The molecule has 2 N–H and O–H groups in total. The van der Waals surface area contributed by atoms with Gasteiger partial charge in [0.15, 0.2) is 5.16 Å². The Bertz CT molecular complexity index is 1300. The number of amides is 1. The summed E-state index contributed by atoms with van der Waals surface area (Å²) in [5, 5.41) is 3.33. The third-order valence-electron chi connectivity index (χ3n) is 4.96. The largest absolute Gasteiger partial charge is 0.416 e. The Balaban J connectivity index is 1.54. The van der Waals surface area contributed by atoms with Crippen LogP contribution in [-0.2, 0) is 17.4 Å². The van der Waals surface area contributed by atoms with E-state index in [1.807, 2.05) is 6.26 Å². The van der Waals surface area contributed by atoms with Gasteiger partial charge in [0.05, 0.1) is 23.4 Å². The lowest BCUT2D eigenvalue weighted by atomic mass is 10.1. The molecule has 0 aliphatic heterocycles. The summed E-state index contributed by atoms with van der Waals surface area (Å²) in [5.41, 5.74) is 2.39. The van der Waals surface area contributed by atoms with Crippen molar-refractivity contribution >= 4 is 23.5 Å². The van der Waals surface area contributed by atoms with Gasteiger partial charge in [-0.05, 0) is 60.4 Å². The van der Waals surface area contributed by atoms with E-state index in [1.165, 1.54) is 42.2 Å². The number of halogens is 4. The molecule has 2 aromatic carbocycles. The lowest BCUT2D eigenvalue weighted by Gasteiger charge is -2.09. The van der Waals surface area contributed by atoms with Gasteiger partial charge in [0.2, 0.25) is 5.91 Å². The van der Waals surface area contributed by atoms with Gasteiger partial charge in [0.1, 0.15) is 11.6 Å². The van der Waals surface area contributed by atoms with Crippen molar-refractivity contribution < 1.29 is 22.4 Å². The molecule has 2 heterocycles. The molecule has 2 aromatic heterocycles. The first-order valence-corrected chi connectivity index (χ1v) is 11.3. The van der Waals surface area contributed by atoms with E-state index in [2.05, 4.69) is 20.3 Å². The van der Waals surface area contributed by atoms with Crippen LogP contribution in [0.4, 0.5) is 23.4 Å². The summed E-state index contributed by atoms with van der Waals surface area (Å²) in [7, 11) is 0. The van der Waals surface area contributed by atoms with Crippen molar-refractivity contribution in [2.75, 3.05) is 11.6 Å². The van der Waals surface area contributed by atoms with Gasteiger partial charge in [0.25, 0.3) is 0 Å². The second-order valence-corrected chi connectivity index (χ2v) is 8.12. The number of aromatic nitrogens is 3. The molecule has 0 radical (unpaired) electrons. The lowest BCUT2D eigenvalue weighted by Crippen LogP contribution is -2.15. The number of alkyl halides is 3. The summed E-state index contributed by atoms with van der Waals surface area (Å²) in [6.45, 7) is 0. The SMILES string of the molecule is CSc1nc(-c2ccnc(NC(=O)Cc3ccc(C(F)(F)F)cc3)c2)c(-c2ccc(F)cc2)[nH]1. The van der Waals surface area contributed by atoms with Crippen molar-refractivity contribution in [3.05, 3.63) is 83.8 Å². The number of benzene rings is 2. The molecule has 5 nitrogen and oxygen atoms in total. The van der Waals surface area contributed by atoms with E-state index in [1.54, 1.807) is 24.3 Å². The zero-order valence-electron chi connectivity index (χ0n) is 17.8. The molecule has 0 bridgehead atoms. The number of imidazole rings is 1. The minimum Gasteiger partial charge on any atom is -0.332 e. The Kier molecular flexibility index (Phi) is 6.69. The van der Waals surface area contributed by atoms with E-state index in [4.69, 9.17) is 0 Å². The Morgan fingerprint density at radius 1 is 1.03 bits per heavy atom. The highest BCUT2D eigenvalue weighted by atomic mass is 32.2. The smallest absolute Gasteiger partial charge is 0.332 e. The van der Waals surface area contributed by atoms with Crippen molar-refractivity contribution in [2.45, 2.75) is 17.8 Å². The number of hydrogen-bond acceptors (Lipinski definition) is 4. The molecule has 1 amide bonds. The third-order valence-corrected chi connectivity index (χ3v) is 5.54. The molecule has 4 aromatic rings. The van der Waals surface area contributed by atoms with E-state index >= 15 is 0 Å².